The van der Waals surface area contributed by atoms with Crippen molar-refractivity contribution >= 4 is 5.84 Å². The number of nitrogens with two attached hydrogens (primary N) is 1. The Hall–Kier alpha value is -1.35. The lowest BCUT2D eigenvalue weighted by Crippen LogP contribution is -2.24. The molecular weight excluding hydrogens is 234 g/mol. The minimum Gasteiger partial charge on any atom is -0.384 e. The van der Waals surface area contributed by atoms with Gasteiger partial charge < -0.3 is 10.6 Å². The Balaban J connectivity index is 1.96. The molecule has 0 bridgehead atoms. The maximum absolute atomic E-state index is 7.46. The Bertz CT molecular complexity index is 447. The number of nitrogens with zero attached hydrogens (tertiary/aromatic N) is 1. The first-order valence-electron chi connectivity index (χ1n) is 7.18. The van der Waals surface area contributed by atoms with Crippen LogP contribution in [0.5, 0.6) is 0 Å². The number of hydrogen-bond acceptors (Lipinski definition) is 2. The van der Waals surface area contributed by atoms with Crippen molar-refractivity contribution < 1.29 is 0 Å². The maximum atomic E-state index is 7.46. The van der Waals surface area contributed by atoms with Crippen LogP contribution in [0.15, 0.2) is 18.2 Å². The molecule has 0 aliphatic heterocycles. The van der Waals surface area contributed by atoms with Gasteiger partial charge in [0.1, 0.15) is 5.84 Å². The molecule has 3 N–H and O–H groups in total. The topological polar surface area (TPSA) is 53.1 Å². The predicted molar refractivity (Wildman–Crippen MR) is 80.5 cm³/mol. The van der Waals surface area contributed by atoms with Crippen LogP contribution in [0.25, 0.3) is 0 Å². The molecule has 0 heterocycles. The lowest BCUT2D eigenvalue weighted by atomic mass is 10.0. The molecule has 1 fully saturated rings. The molecular formula is C16H25N3. The number of hydrogen-bond donors (Lipinski definition) is 2. The highest BCUT2D eigenvalue weighted by molar-refractivity contribution is 5.95. The molecule has 0 unspecified atom stereocenters. The molecule has 0 aromatic heterocycles. The molecule has 2 rings (SSSR count). The number of rotatable bonds is 5. The summed E-state index contributed by atoms with van der Waals surface area (Å²) in [6.07, 6.45) is 5.61. The summed E-state index contributed by atoms with van der Waals surface area (Å²) in [6, 6.07) is 6.08. The van der Waals surface area contributed by atoms with E-state index in [2.05, 4.69) is 24.9 Å². The van der Waals surface area contributed by atoms with Gasteiger partial charge >= 0.3 is 0 Å². The molecule has 0 amide bonds. The standard InChI is InChI=1S/C16H25N3/c1-12-9-14(16(17)18)7-8-15(12)11-19(2)10-13-5-3-4-6-13/h7-9,13H,3-6,10-11H2,1-2H3,(H3,17,18). The molecule has 1 aliphatic rings. The minimum absolute atomic E-state index is 0.147. The highest BCUT2D eigenvalue weighted by Crippen LogP contribution is 2.25. The molecule has 1 aromatic rings. The number of nitrogens with one attached hydrogen (secondary N) is 1. The monoisotopic (exact) mass is 259 g/mol. The van der Waals surface area contributed by atoms with Crippen molar-refractivity contribution in [2.75, 3.05) is 13.6 Å². The first-order valence-corrected chi connectivity index (χ1v) is 7.18. The summed E-state index contributed by atoms with van der Waals surface area (Å²) in [6.45, 7) is 4.29. The molecule has 1 aromatic carbocycles. The second-order valence-electron chi connectivity index (χ2n) is 5.90. The van der Waals surface area contributed by atoms with Crippen LogP contribution in [0.3, 0.4) is 0 Å². The molecule has 3 nitrogen and oxygen atoms in total. The van der Waals surface area contributed by atoms with Crippen LogP contribution in [0.4, 0.5) is 0 Å². The van der Waals surface area contributed by atoms with E-state index in [0.29, 0.717) is 0 Å². The number of aryl methyl sites for hydroxylation is 1. The zero-order valence-corrected chi connectivity index (χ0v) is 12.1. The fourth-order valence-corrected chi connectivity index (χ4v) is 3.03. The van der Waals surface area contributed by atoms with Gasteiger partial charge in [-0.1, -0.05) is 25.0 Å². The number of nitrogen functional groups attached to an aromatic ring is 1. The Morgan fingerprint density at radius 1 is 1.37 bits per heavy atom. The van der Waals surface area contributed by atoms with E-state index in [9.17, 15) is 0 Å². The highest BCUT2D eigenvalue weighted by Gasteiger charge is 2.17. The average Bonchev–Trinajstić information content (AvgIpc) is 2.84. The molecule has 1 saturated carbocycles. The van der Waals surface area contributed by atoms with Crippen molar-refractivity contribution in [3.8, 4) is 0 Å². The zero-order chi connectivity index (χ0) is 13.8. The third-order valence-electron chi connectivity index (χ3n) is 4.14. The van der Waals surface area contributed by atoms with Crippen LogP contribution in [0.2, 0.25) is 0 Å². The Labute approximate surface area is 116 Å². The van der Waals surface area contributed by atoms with Gasteiger partial charge in [0.2, 0.25) is 0 Å². The molecule has 0 saturated heterocycles. The van der Waals surface area contributed by atoms with E-state index >= 15 is 0 Å². The first kappa shape index (κ1) is 14.1. The van der Waals surface area contributed by atoms with Crippen molar-refractivity contribution in [2.45, 2.75) is 39.2 Å². The van der Waals surface area contributed by atoms with Crippen molar-refractivity contribution in [3.05, 3.63) is 34.9 Å². The van der Waals surface area contributed by atoms with Crippen LogP contribution >= 0.6 is 0 Å². The van der Waals surface area contributed by atoms with E-state index in [1.807, 2.05) is 12.1 Å². The summed E-state index contributed by atoms with van der Waals surface area (Å²) in [5.74, 6) is 1.04. The second kappa shape index (κ2) is 6.20. The largest absolute Gasteiger partial charge is 0.384 e. The van der Waals surface area contributed by atoms with Crippen LogP contribution < -0.4 is 5.73 Å². The number of amidine groups is 1. The van der Waals surface area contributed by atoms with E-state index in [1.54, 1.807) is 0 Å². The van der Waals surface area contributed by atoms with E-state index in [-0.39, 0.29) is 5.84 Å². The summed E-state index contributed by atoms with van der Waals surface area (Å²) in [4.78, 5) is 2.42. The van der Waals surface area contributed by atoms with Crippen molar-refractivity contribution in [2.24, 2.45) is 11.7 Å². The van der Waals surface area contributed by atoms with Crippen molar-refractivity contribution in [3.63, 3.8) is 0 Å². The third-order valence-corrected chi connectivity index (χ3v) is 4.14. The Morgan fingerprint density at radius 2 is 2.05 bits per heavy atom. The minimum atomic E-state index is 0.147. The van der Waals surface area contributed by atoms with Gasteiger partial charge in [0.15, 0.2) is 0 Å². The third kappa shape index (κ3) is 3.80. The van der Waals surface area contributed by atoms with Crippen molar-refractivity contribution in [1.29, 1.82) is 5.41 Å². The van der Waals surface area contributed by atoms with Crippen LogP contribution in [-0.4, -0.2) is 24.3 Å². The molecule has 104 valence electrons. The first-order chi connectivity index (χ1) is 9.06. The van der Waals surface area contributed by atoms with Gasteiger partial charge in [0.25, 0.3) is 0 Å². The van der Waals surface area contributed by atoms with E-state index < -0.39 is 0 Å². The molecule has 1 aliphatic carbocycles. The Kier molecular flexibility index (Phi) is 4.59. The second-order valence-corrected chi connectivity index (χ2v) is 5.90. The predicted octanol–water partition coefficient (Wildman–Crippen LogP) is 2.90. The quantitative estimate of drug-likeness (QED) is 0.631. The summed E-state index contributed by atoms with van der Waals surface area (Å²) < 4.78 is 0. The van der Waals surface area contributed by atoms with Gasteiger partial charge in [-0.05, 0) is 49.9 Å². The van der Waals surface area contributed by atoms with Crippen LogP contribution in [-0.2, 0) is 6.54 Å². The van der Waals surface area contributed by atoms with Gasteiger partial charge in [0.05, 0.1) is 0 Å². The molecule has 3 heteroatoms. The summed E-state index contributed by atoms with van der Waals surface area (Å²) in [5.41, 5.74) is 8.90. The van der Waals surface area contributed by atoms with Gasteiger partial charge in [-0.3, -0.25) is 5.41 Å². The molecule has 0 spiro atoms. The smallest absolute Gasteiger partial charge is 0.122 e. The van der Waals surface area contributed by atoms with Crippen LogP contribution in [0, 0.1) is 18.3 Å². The van der Waals surface area contributed by atoms with E-state index in [4.69, 9.17) is 11.1 Å². The number of benzene rings is 1. The maximum Gasteiger partial charge on any atom is 0.122 e. The lowest BCUT2D eigenvalue weighted by molar-refractivity contribution is 0.271. The fraction of sp³-hybridized carbons (Fsp3) is 0.562. The summed E-state index contributed by atoms with van der Waals surface area (Å²) in [7, 11) is 2.21. The SMILES string of the molecule is Cc1cc(C(=N)N)ccc1CN(C)CC1CCCC1. The van der Waals surface area contributed by atoms with Gasteiger partial charge in [-0.15, -0.1) is 0 Å². The molecule has 0 atom stereocenters. The average molecular weight is 259 g/mol. The van der Waals surface area contributed by atoms with Gasteiger partial charge in [-0.2, -0.15) is 0 Å². The highest BCUT2D eigenvalue weighted by atomic mass is 15.1. The normalized spacial score (nSPS) is 16.2. The van der Waals surface area contributed by atoms with Crippen LogP contribution in [0.1, 0.15) is 42.4 Å². The van der Waals surface area contributed by atoms with Gasteiger partial charge in [0, 0.05) is 18.7 Å². The van der Waals surface area contributed by atoms with E-state index in [0.717, 1.165) is 18.0 Å². The lowest BCUT2D eigenvalue weighted by Gasteiger charge is -2.22. The molecule has 19 heavy (non-hydrogen) atoms. The summed E-state index contributed by atoms with van der Waals surface area (Å²) >= 11 is 0. The summed E-state index contributed by atoms with van der Waals surface area (Å²) in [5, 5.41) is 7.46. The molecule has 0 radical (unpaired) electrons. The van der Waals surface area contributed by atoms with E-state index in [1.165, 1.54) is 43.4 Å². The fourth-order valence-electron chi connectivity index (χ4n) is 3.03. The van der Waals surface area contributed by atoms with Crippen molar-refractivity contribution in [1.82, 2.24) is 4.90 Å². The Morgan fingerprint density at radius 3 is 2.63 bits per heavy atom. The van der Waals surface area contributed by atoms with Gasteiger partial charge in [-0.25, -0.2) is 0 Å². The zero-order valence-electron chi connectivity index (χ0n) is 12.1.